The minimum Gasteiger partial charge on any atom is -0.494 e. The van der Waals surface area contributed by atoms with Crippen molar-refractivity contribution in [3.05, 3.63) is 29.8 Å². The molecule has 0 bridgehead atoms. The molecular formula is C14H19NO2. The third kappa shape index (κ3) is 3.86. The topological polar surface area (TPSA) is 38.3 Å². The highest BCUT2D eigenvalue weighted by Crippen LogP contribution is 2.27. The van der Waals surface area contributed by atoms with E-state index in [-0.39, 0.29) is 5.78 Å². The van der Waals surface area contributed by atoms with Crippen molar-refractivity contribution in [3.63, 3.8) is 0 Å². The van der Waals surface area contributed by atoms with Gasteiger partial charge in [-0.05, 0) is 56.5 Å². The van der Waals surface area contributed by atoms with Gasteiger partial charge in [-0.2, -0.15) is 0 Å². The van der Waals surface area contributed by atoms with E-state index < -0.39 is 0 Å². The molecule has 1 aromatic rings. The molecule has 92 valence electrons. The van der Waals surface area contributed by atoms with Gasteiger partial charge in [0.1, 0.15) is 5.75 Å². The molecule has 0 aliphatic heterocycles. The van der Waals surface area contributed by atoms with Gasteiger partial charge in [0.05, 0.1) is 13.2 Å². The lowest BCUT2D eigenvalue weighted by atomic mass is 10.1. The molecule has 1 fully saturated rings. The summed E-state index contributed by atoms with van der Waals surface area (Å²) >= 11 is 0. The van der Waals surface area contributed by atoms with Gasteiger partial charge in [0.2, 0.25) is 0 Å². The molecule has 1 aliphatic rings. The van der Waals surface area contributed by atoms with Gasteiger partial charge in [-0.15, -0.1) is 0 Å². The minimum atomic E-state index is 0.147. The fourth-order valence-electron chi connectivity index (χ4n) is 1.72. The fraction of sp³-hybridized carbons (Fsp3) is 0.500. The fourth-order valence-corrected chi connectivity index (χ4v) is 1.72. The zero-order chi connectivity index (χ0) is 12.1. The van der Waals surface area contributed by atoms with Crippen molar-refractivity contribution in [1.29, 1.82) is 0 Å². The molecule has 1 aliphatic carbocycles. The van der Waals surface area contributed by atoms with E-state index in [1.54, 1.807) is 0 Å². The highest BCUT2D eigenvalue weighted by atomic mass is 16.5. The van der Waals surface area contributed by atoms with E-state index in [2.05, 4.69) is 5.32 Å². The van der Waals surface area contributed by atoms with Crippen molar-refractivity contribution >= 4 is 5.78 Å². The van der Waals surface area contributed by atoms with Gasteiger partial charge in [0, 0.05) is 5.56 Å². The second-order valence-electron chi connectivity index (χ2n) is 4.45. The highest BCUT2D eigenvalue weighted by molar-refractivity contribution is 5.97. The Balaban J connectivity index is 1.80. The minimum absolute atomic E-state index is 0.147. The Labute approximate surface area is 102 Å². The maximum absolute atomic E-state index is 11.8. The lowest BCUT2D eigenvalue weighted by Crippen LogP contribution is -2.24. The van der Waals surface area contributed by atoms with Crippen molar-refractivity contribution < 1.29 is 9.53 Å². The predicted octanol–water partition coefficient (Wildman–Crippen LogP) is 2.27. The molecule has 3 heteroatoms. The molecule has 17 heavy (non-hydrogen) atoms. The average Bonchev–Trinajstić information content (AvgIpc) is 3.14. The SMILES string of the molecule is CCOc1ccc(C(=O)CNCC2CC2)cc1. The summed E-state index contributed by atoms with van der Waals surface area (Å²) in [7, 11) is 0. The molecule has 1 aromatic carbocycles. The van der Waals surface area contributed by atoms with E-state index >= 15 is 0 Å². The molecule has 2 rings (SSSR count). The Morgan fingerprint density at radius 1 is 1.35 bits per heavy atom. The first-order chi connectivity index (χ1) is 8.29. The second-order valence-corrected chi connectivity index (χ2v) is 4.45. The largest absolute Gasteiger partial charge is 0.494 e. The van der Waals surface area contributed by atoms with Crippen molar-refractivity contribution in [1.82, 2.24) is 5.32 Å². The molecule has 0 aromatic heterocycles. The number of hydrogen-bond acceptors (Lipinski definition) is 3. The second kappa shape index (κ2) is 5.82. The first-order valence-electron chi connectivity index (χ1n) is 6.26. The number of ether oxygens (including phenoxy) is 1. The summed E-state index contributed by atoms with van der Waals surface area (Å²) in [5.41, 5.74) is 0.747. The Bertz CT molecular complexity index is 368. The number of nitrogens with one attached hydrogen (secondary N) is 1. The molecule has 0 amide bonds. The maximum Gasteiger partial charge on any atom is 0.176 e. The first-order valence-corrected chi connectivity index (χ1v) is 6.26. The summed E-state index contributed by atoms with van der Waals surface area (Å²) in [6.45, 7) is 4.00. The van der Waals surface area contributed by atoms with Crippen LogP contribution in [0.2, 0.25) is 0 Å². The molecule has 3 nitrogen and oxygen atoms in total. The first kappa shape index (κ1) is 12.1. The summed E-state index contributed by atoms with van der Waals surface area (Å²) in [5.74, 6) is 1.77. The van der Waals surface area contributed by atoms with E-state index in [0.29, 0.717) is 13.2 Å². The van der Waals surface area contributed by atoms with Crippen LogP contribution in [0.3, 0.4) is 0 Å². The van der Waals surface area contributed by atoms with Gasteiger partial charge >= 0.3 is 0 Å². The Hall–Kier alpha value is -1.35. The van der Waals surface area contributed by atoms with E-state index in [1.165, 1.54) is 12.8 Å². The van der Waals surface area contributed by atoms with Gasteiger partial charge in [-0.3, -0.25) is 4.79 Å². The molecule has 1 saturated carbocycles. The van der Waals surface area contributed by atoms with Crippen LogP contribution in [-0.2, 0) is 0 Å². The van der Waals surface area contributed by atoms with Crippen LogP contribution in [-0.4, -0.2) is 25.5 Å². The molecule has 0 atom stereocenters. The van der Waals surface area contributed by atoms with Crippen LogP contribution in [0.5, 0.6) is 5.75 Å². The predicted molar refractivity (Wildman–Crippen MR) is 67.5 cm³/mol. The molecule has 0 radical (unpaired) electrons. The average molecular weight is 233 g/mol. The smallest absolute Gasteiger partial charge is 0.176 e. The summed E-state index contributed by atoms with van der Waals surface area (Å²) in [4.78, 5) is 11.8. The number of rotatable bonds is 7. The number of carbonyl (C=O) groups excluding carboxylic acids is 1. The number of hydrogen-bond donors (Lipinski definition) is 1. The zero-order valence-corrected chi connectivity index (χ0v) is 10.2. The summed E-state index contributed by atoms with van der Waals surface area (Å²) in [6, 6.07) is 7.34. The van der Waals surface area contributed by atoms with Gasteiger partial charge in [-0.1, -0.05) is 0 Å². The van der Waals surface area contributed by atoms with Crippen LogP contribution in [0, 0.1) is 5.92 Å². The van der Waals surface area contributed by atoms with Crippen LogP contribution in [0.1, 0.15) is 30.1 Å². The lowest BCUT2D eigenvalue weighted by Gasteiger charge is -2.05. The highest BCUT2D eigenvalue weighted by Gasteiger charge is 2.20. The Morgan fingerprint density at radius 3 is 2.65 bits per heavy atom. The van der Waals surface area contributed by atoms with Crippen molar-refractivity contribution in [3.8, 4) is 5.75 Å². The molecule has 0 unspecified atom stereocenters. The molecule has 1 N–H and O–H groups in total. The monoisotopic (exact) mass is 233 g/mol. The summed E-state index contributed by atoms with van der Waals surface area (Å²) in [6.07, 6.45) is 2.62. The normalized spacial score (nSPS) is 14.6. The molecule has 0 spiro atoms. The maximum atomic E-state index is 11.8. The summed E-state index contributed by atoms with van der Waals surface area (Å²) in [5, 5.41) is 3.20. The van der Waals surface area contributed by atoms with Gasteiger partial charge in [0.15, 0.2) is 5.78 Å². The Kier molecular flexibility index (Phi) is 4.15. The van der Waals surface area contributed by atoms with Crippen LogP contribution < -0.4 is 10.1 Å². The van der Waals surface area contributed by atoms with Crippen molar-refractivity contribution in [2.75, 3.05) is 19.7 Å². The quantitative estimate of drug-likeness (QED) is 0.734. The molecular weight excluding hydrogens is 214 g/mol. The van der Waals surface area contributed by atoms with Crippen molar-refractivity contribution in [2.45, 2.75) is 19.8 Å². The number of ketones is 1. The van der Waals surface area contributed by atoms with Crippen LogP contribution >= 0.6 is 0 Å². The standard InChI is InChI=1S/C14H19NO2/c1-2-17-13-7-5-12(6-8-13)14(16)10-15-9-11-3-4-11/h5-8,11,15H,2-4,9-10H2,1H3. The van der Waals surface area contributed by atoms with E-state index in [4.69, 9.17) is 4.74 Å². The van der Waals surface area contributed by atoms with E-state index in [0.717, 1.165) is 23.8 Å². The summed E-state index contributed by atoms with van der Waals surface area (Å²) < 4.78 is 5.33. The van der Waals surface area contributed by atoms with Crippen molar-refractivity contribution in [2.24, 2.45) is 5.92 Å². The van der Waals surface area contributed by atoms with Gasteiger partial charge < -0.3 is 10.1 Å². The molecule has 0 heterocycles. The number of Topliss-reactive ketones (excluding diaryl/α,β-unsaturated/α-hetero) is 1. The van der Waals surface area contributed by atoms with Gasteiger partial charge in [0.25, 0.3) is 0 Å². The van der Waals surface area contributed by atoms with Crippen LogP contribution in [0.4, 0.5) is 0 Å². The van der Waals surface area contributed by atoms with Crippen LogP contribution in [0.15, 0.2) is 24.3 Å². The number of benzene rings is 1. The third-order valence-corrected chi connectivity index (χ3v) is 2.90. The van der Waals surface area contributed by atoms with E-state index in [1.807, 2.05) is 31.2 Å². The van der Waals surface area contributed by atoms with Crippen LogP contribution in [0.25, 0.3) is 0 Å². The lowest BCUT2D eigenvalue weighted by molar-refractivity contribution is 0.0991. The third-order valence-electron chi connectivity index (χ3n) is 2.90. The molecule has 0 saturated heterocycles. The number of carbonyl (C=O) groups is 1. The zero-order valence-electron chi connectivity index (χ0n) is 10.2. The Morgan fingerprint density at radius 2 is 2.06 bits per heavy atom. The van der Waals surface area contributed by atoms with E-state index in [9.17, 15) is 4.79 Å². The van der Waals surface area contributed by atoms with Gasteiger partial charge in [-0.25, -0.2) is 0 Å².